The Bertz CT molecular complexity index is 1630. The molecule has 1 atom stereocenters. The van der Waals surface area contributed by atoms with Crippen LogP contribution < -0.4 is 15.5 Å². The van der Waals surface area contributed by atoms with Gasteiger partial charge in [-0.1, -0.05) is 12.1 Å². The summed E-state index contributed by atoms with van der Waals surface area (Å²) in [5.74, 6) is 1.27. The van der Waals surface area contributed by atoms with Crippen LogP contribution in [0.15, 0.2) is 61.4 Å². The molecule has 0 aliphatic carbocycles. The van der Waals surface area contributed by atoms with E-state index in [0.29, 0.717) is 25.2 Å². The number of aromatic nitrogens is 7. The van der Waals surface area contributed by atoms with E-state index in [1.165, 1.54) is 12.1 Å². The lowest BCUT2D eigenvalue weighted by molar-refractivity contribution is -0.0286. The number of fused-ring (bicyclic) bond motifs is 1. The van der Waals surface area contributed by atoms with Crippen LogP contribution in [-0.4, -0.2) is 74.1 Å². The zero-order valence-corrected chi connectivity index (χ0v) is 22.0. The molecule has 12 heteroatoms. The number of nitrogens with two attached hydrogens (primary N) is 1. The van der Waals surface area contributed by atoms with Gasteiger partial charge in [0.05, 0.1) is 42.1 Å². The predicted molar refractivity (Wildman–Crippen MR) is 148 cm³/mol. The number of hydrogen-bond acceptors (Lipinski definition) is 9. The van der Waals surface area contributed by atoms with Crippen molar-refractivity contribution in [2.75, 3.05) is 49.2 Å². The Kier molecular flexibility index (Phi) is 5.93. The summed E-state index contributed by atoms with van der Waals surface area (Å²) >= 11 is 0. The molecule has 3 N–H and O–H groups in total. The standard InChI is InChI=1S/C28H29FN10O/c1-28(30,19-2-4-21(29)5-3-19)20-12-31-27(32-13-20)38-8-6-37(7-9-38)26-23-10-24(36-25(23)33-17-34-26)18-11-35-39(14-18)22-15-40-16-22/h2-5,10-14,17,22H,6-9,15-16,30H2,1H3,(H,33,34,36)/t28-/m0/s1. The van der Waals surface area contributed by atoms with Crippen LogP contribution >= 0.6 is 0 Å². The van der Waals surface area contributed by atoms with Crippen LogP contribution in [0.1, 0.15) is 24.1 Å². The average molecular weight is 541 g/mol. The van der Waals surface area contributed by atoms with Crippen molar-refractivity contribution in [1.29, 1.82) is 0 Å². The molecule has 6 heterocycles. The summed E-state index contributed by atoms with van der Waals surface area (Å²) in [4.78, 5) is 26.2. The molecule has 5 aromatic rings. The molecule has 4 aromatic heterocycles. The quantitative estimate of drug-likeness (QED) is 0.334. The van der Waals surface area contributed by atoms with Crippen molar-refractivity contribution >= 4 is 22.8 Å². The summed E-state index contributed by atoms with van der Waals surface area (Å²) in [5, 5.41) is 5.48. The van der Waals surface area contributed by atoms with Gasteiger partial charge >= 0.3 is 0 Å². The SMILES string of the molecule is C[C@](N)(c1ccc(F)cc1)c1cnc(N2CCN(c3ncnc4[nH]c(-c5cnn(C6COC6)c5)cc34)CC2)nc1. The molecule has 0 amide bonds. The van der Waals surface area contributed by atoms with Crippen molar-refractivity contribution in [2.45, 2.75) is 18.5 Å². The van der Waals surface area contributed by atoms with Crippen LogP contribution in [0.25, 0.3) is 22.3 Å². The third kappa shape index (κ3) is 4.34. The van der Waals surface area contributed by atoms with Crippen LogP contribution in [0.2, 0.25) is 0 Å². The molecule has 2 saturated heterocycles. The zero-order chi connectivity index (χ0) is 27.3. The minimum atomic E-state index is -0.830. The van der Waals surface area contributed by atoms with Gasteiger partial charge in [-0.05, 0) is 30.7 Å². The van der Waals surface area contributed by atoms with E-state index in [4.69, 9.17) is 10.5 Å². The molecule has 7 rings (SSSR count). The summed E-state index contributed by atoms with van der Waals surface area (Å²) in [6.07, 6.45) is 9.03. The van der Waals surface area contributed by atoms with Crippen molar-refractivity contribution < 1.29 is 9.13 Å². The number of nitrogens with one attached hydrogen (secondary N) is 1. The number of anilines is 2. The molecule has 0 radical (unpaired) electrons. The van der Waals surface area contributed by atoms with Crippen molar-refractivity contribution in [3.05, 3.63) is 78.4 Å². The maximum atomic E-state index is 13.4. The lowest BCUT2D eigenvalue weighted by Crippen LogP contribution is -2.47. The van der Waals surface area contributed by atoms with Crippen molar-refractivity contribution in [1.82, 2.24) is 34.7 Å². The highest BCUT2D eigenvalue weighted by Crippen LogP contribution is 2.31. The molecule has 0 bridgehead atoms. The monoisotopic (exact) mass is 540 g/mol. The van der Waals surface area contributed by atoms with E-state index in [9.17, 15) is 4.39 Å². The summed E-state index contributed by atoms with van der Waals surface area (Å²) in [5.41, 5.74) is 10.1. The van der Waals surface area contributed by atoms with Crippen molar-refractivity contribution in [3.63, 3.8) is 0 Å². The highest BCUT2D eigenvalue weighted by atomic mass is 19.1. The van der Waals surface area contributed by atoms with Gasteiger partial charge in [0.25, 0.3) is 0 Å². The van der Waals surface area contributed by atoms with Gasteiger partial charge in [-0.25, -0.2) is 24.3 Å². The number of piperazine rings is 1. The Balaban J connectivity index is 1.05. The van der Waals surface area contributed by atoms with Gasteiger partial charge in [-0.2, -0.15) is 5.10 Å². The van der Waals surface area contributed by atoms with E-state index >= 15 is 0 Å². The van der Waals surface area contributed by atoms with Gasteiger partial charge in [0.1, 0.15) is 23.6 Å². The van der Waals surface area contributed by atoms with Gasteiger partial charge in [0.15, 0.2) is 0 Å². The second kappa shape index (κ2) is 9.65. The van der Waals surface area contributed by atoms with Gasteiger partial charge in [-0.3, -0.25) is 4.68 Å². The molecule has 40 heavy (non-hydrogen) atoms. The molecule has 0 spiro atoms. The third-order valence-electron chi connectivity index (χ3n) is 7.86. The molecule has 1 aromatic carbocycles. The fraction of sp³-hybridized carbons (Fsp3) is 0.321. The van der Waals surface area contributed by atoms with E-state index in [-0.39, 0.29) is 5.82 Å². The van der Waals surface area contributed by atoms with Crippen LogP contribution in [0.5, 0.6) is 0 Å². The Labute approximate surface area is 229 Å². The first-order valence-electron chi connectivity index (χ1n) is 13.3. The van der Waals surface area contributed by atoms with Crippen LogP contribution in [0.3, 0.4) is 0 Å². The summed E-state index contributed by atoms with van der Waals surface area (Å²) in [6.45, 7) is 6.30. The van der Waals surface area contributed by atoms with E-state index in [0.717, 1.165) is 65.4 Å². The second-order valence-electron chi connectivity index (χ2n) is 10.5. The van der Waals surface area contributed by atoms with E-state index in [1.807, 2.05) is 24.0 Å². The Morgan fingerprint density at radius 3 is 2.38 bits per heavy atom. The van der Waals surface area contributed by atoms with Crippen LogP contribution in [0, 0.1) is 5.82 Å². The summed E-state index contributed by atoms with van der Waals surface area (Å²) in [7, 11) is 0. The largest absolute Gasteiger partial charge is 0.377 e. The number of ether oxygens (including phenoxy) is 1. The second-order valence-corrected chi connectivity index (χ2v) is 10.5. The molecular formula is C28H29FN10O. The van der Waals surface area contributed by atoms with Crippen LogP contribution in [-0.2, 0) is 10.3 Å². The maximum Gasteiger partial charge on any atom is 0.225 e. The number of aromatic amines is 1. The lowest BCUT2D eigenvalue weighted by atomic mass is 9.87. The normalized spacial score (nSPS) is 17.7. The van der Waals surface area contributed by atoms with Gasteiger partial charge in [-0.15, -0.1) is 0 Å². The highest BCUT2D eigenvalue weighted by Gasteiger charge is 2.27. The first-order chi connectivity index (χ1) is 19.5. The number of halogens is 1. The number of hydrogen-bond donors (Lipinski definition) is 2. The molecule has 0 unspecified atom stereocenters. The molecular weight excluding hydrogens is 511 g/mol. The van der Waals surface area contributed by atoms with Gasteiger partial charge < -0.3 is 25.3 Å². The number of rotatable bonds is 6. The fourth-order valence-electron chi connectivity index (χ4n) is 5.22. The van der Waals surface area contributed by atoms with Gasteiger partial charge in [0, 0.05) is 55.9 Å². The fourth-order valence-corrected chi connectivity index (χ4v) is 5.22. The Morgan fingerprint density at radius 2 is 1.68 bits per heavy atom. The lowest BCUT2D eigenvalue weighted by Gasteiger charge is -2.35. The number of benzene rings is 1. The molecule has 204 valence electrons. The average Bonchev–Trinajstić information content (AvgIpc) is 3.60. The first-order valence-corrected chi connectivity index (χ1v) is 13.3. The van der Waals surface area contributed by atoms with E-state index in [1.54, 1.807) is 30.9 Å². The summed E-state index contributed by atoms with van der Waals surface area (Å²) < 4.78 is 20.6. The molecule has 2 fully saturated rings. The Hall–Kier alpha value is -4.42. The number of H-pyrrole nitrogens is 1. The first kappa shape index (κ1) is 24.6. The predicted octanol–water partition coefficient (Wildman–Crippen LogP) is 2.87. The highest BCUT2D eigenvalue weighted by molar-refractivity contribution is 5.91. The third-order valence-corrected chi connectivity index (χ3v) is 7.86. The minimum absolute atomic E-state index is 0.294. The molecule has 11 nitrogen and oxygen atoms in total. The smallest absolute Gasteiger partial charge is 0.225 e. The Morgan fingerprint density at radius 1 is 0.950 bits per heavy atom. The minimum Gasteiger partial charge on any atom is -0.377 e. The topological polar surface area (TPSA) is 127 Å². The maximum absolute atomic E-state index is 13.4. The molecule has 2 aliphatic rings. The van der Waals surface area contributed by atoms with Crippen molar-refractivity contribution in [2.24, 2.45) is 5.73 Å². The molecule has 2 aliphatic heterocycles. The zero-order valence-electron chi connectivity index (χ0n) is 22.0. The number of nitrogens with zero attached hydrogens (tertiary/aromatic N) is 8. The molecule has 0 saturated carbocycles. The van der Waals surface area contributed by atoms with E-state index in [2.05, 4.69) is 45.9 Å². The van der Waals surface area contributed by atoms with E-state index < -0.39 is 5.54 Å². The summed E-state index contributed by atoms with van der Waals surface area (Å²) in [6, 6.07) is 8.61. The van der Waals surface area contributed by atoms with Crippen LogP contribution in [0.4, 0.5) is 16.2 Å². The van der Waals surface area contributed by atoms with Gasteiger partial charge in [0.2, 0.25) is 5.95 Å². The van der Waals surface area contributed by atoms with Crippen molar-refractivity contribution in [3.8, 4) is 11.3 Å².